The molecule has 0 spiro atoms. The Bertz CT molecular complexity index is 1230. The molecule has 0 unspecified atom stereocenters. The molecule has 166 valence electrons. The van der Waals surface area contributed by atoms with Gasteiger partial charge >= 0.3 is 0 Å². The normalized spacial score (nSPS) is 13.7. The lowest BCUT2D eigenvalue weighted by atomic mass is 10.1. The van der Waals surface area contributed by atoms with Crippen LogP contribution in [0.25, 0.3) is 16.9 Å². The quantitative estimate of drug-likeness (QED) is 0.474. The molecule has 8 nitrogen and oxygen atoms in total. The largest absolute Gasteiger partial charge is 0.496 e. The van der Waals surface area contributed by atoms with Crippen LogP contribution in [0.2, 0.25) is 0 Å². The number of rotatable bonds is 5. The lowest BCUT2D eigenvalue weighted by Gasteiger charge is -2.35. The number of anilines is 1. The van der Waals surface area contributed by atoms with Crippen molar-refractivity contribution >= 4 is 11.7 Å². The van der Waals surface area contributed by atoms with Gasteiger partial charge < -0.3 is 14.5 Å². The molecule has 0 bridgehead atoms. The third-order valence-electron chi connectivity index (χ3n) is 5.77. The molecule has 0 radical (unpaired) electrons. The first-order valence-electron chi connectivity index (χ1n) is 10.8. The molecule has 1 aliphatic heterocycles. The van der Waals surface area contributed by atoms with Crippen LogP contribution < -0.4 is 9.64 Å². The third kappa shape index (κ3) is 4.15. The molecular formula is C25H24N6O2. The van der Waals surface area contributed by atoms with E-state index >= 15 is 0 Å². The lowest BCUT2D eigenvalue weighted by molar-refractivity contribution is 0.0747. The number of ether oxygens (including phenoxy) is 1. The second-order valence-corrected chi connectivity index (χ2v) is 7.71. The molecule has 2 aromatic heterocycles. The topological polar surface area (TPSA) is 76.4 Å². The van der Waals surface area contributed by atoms with Crippen LogP contribution in [-0.4, -0.2) is 63.8 Å². The summed E-state index contributed by atoms with van der Waals surface area (Å²) in [6.07, 6.45) is 6.91. The monoisotopic (exact) mass is 440 g/mol. The Morgan fingerprint density at radius 3 is 2.42 bits per heavy atom. The number of benzene rings is 2. The Kier molecular flexibility index (Phi) is 5.72. The number of nitrogens with zero attached hydrogens (tertiary/aromatic N) is 6. The Morgan fingerprint density at radius 2 is 1.70 bits per heavy atom. The number of hydrogen-bond acceptors (Lipinski definition) is 6. The zero-order valence-corrected chi connectivity index (χ0v) is 18.3. The first-order chi connectivity index (χ1) is 16.2. The SMILES string of the molecule is COc1ccccc1-c1nn(-c2ccccc2)cc1C(=O)N1CCN(c2cnccn2)CC1. The number of carbonyl (C=O) groups is 1. The number of amides is 1. The van der Waals surface area contributed by atoms with Gasteiger partial charge in [0.15, 0.2) is 0 Å². The van der Waals surface area contributed by atoms with Crippen molar-refractivity contribution in [1.29, 1.82) is 0 Å². The van der Waals surface area contributed by atoms with Gasteiger partial charge in [-0.05, 0) is 24.3 Å². The van der Waals surface area contributed by atoms with Gasteiger partial charge in [0.2, 0.25) is 0 Å². The van der Waals surface area contributed by atoms with E-state index in [0.29, 0.717) is 43.2 Å². The summed E-state index contributed by atoms with van der Waals surface area (Å²) in [6, 6.07) is 17.4. The average molecular weight is 441 g/mol. The molecule has 1 amide bonds. The van der Waals surface area contributed by atoms with Crippen LogP contribution in [0.4, 0.5) is 5.82 Å². The molecule has 0 N–H and O–H groups in total. The molecule has 8 heteroatoms. The summed E-state index contributed by atoms with van der Waals surface area (Å²) < 4.78 is 7.32. The fourth-order valence-corrected chi connectivity index (χ4v) is 4.05. The van der Waals surface area contributed by atoms with Crippen LogP contribution >= 0.6 is 0 Å². The molecule has 1 aliphatic rings. The van der Waals surface area contributed by atoms with Gasteiger partial charge in [0.05, 0.1) is 24.6 Å². The molecule has 3 heterocycles. The van der Waals surface area contributed by atoms with E-state index in [4.69, 9.17) is 9.84 Å². The van der Waals surface area contributed by atoms with E-state index < -0.39 is 0 Å². The van der Waals surface area contributed by atoms with Crippen molar-refractivity contribution in [3.05, 3.63) is 84.9 Å². The third-order valence-corrected chi connectivity index (χ3v) is 5.77. The first-order valence-corrected chi connectivity index (χ1v) is 10.8. The summed E-state index contributed by atoms with van der Waals surface area (Å²) >= 11 is 0. The van der Waals surface area contributed by atoms with E-state index in [2.05, 4.69) is 14.9 Å². The highest BCUT2D eigenvalue weighted by Gasteiger charge is 2.28. The van der Waals surface area contributed by atoms with E-state index in [9.17, 15) is 4.79 Å². The van der Waals surface area contributed by atoms with E-state index in [1.54, 1.807) is 30.4 Å². The second-order valence-electron chi connectivity index (χ2n) is 7.71. The Balaban J connectivity index is 1.46. The molecule has 5 rings (SSSR count). The van der Waals surface area contributed by atoms with Crippen molar-refractivity contribution < 1.29 is 9.53 Å². The van der Waals surface area contributed by atoms with Crippen molar-refractivity contribution in [2.24, 2.45) is 0 Å². The van der Waals surface area contributed by atoms with Gasteiger partial charge in [0, 0.05) is 50.3 Å². The minimum absolute atomic E-state index is 0.0446. The summed E-state index contributed by atoms with van der Waals surface area (Å²) in [5.74, 6) is 1.46. The standard InChI is InChI=1S/C25H24N6O2/c1-33-22-10-6-5-9-20(22)24-21(18-31(28-24)19-7-3-2-4-8-19)25(32)30-15-13-29(14-16-30)23-17-26-11-12-27-23/h2-12,17-18H,13-16H2,1H3. The molecule has 0 aliphatic carbocycles. The molecule has 0 saturated carbocycles. The van der Waals surface area contributed by atoms with Crippen LogP contribution in [0.3, 0.4) is 0 Å². The Morgan fingerprint density at radius 1 is 0.939 bits per heavy atom. The zero-order chi connectivity index (χ0) is 22.6. The number of para-hydroxylation sites is 2. The van der Waals surface area contributed by atoms with Gasteiger partial charge in [0.1, 0.15) is 17.3 Å². The van der Waals surface area contributed by atoms with Gasteiger partial charge in [-0.2, -0.15) is 5.10 Å². The van der Waals surface area contributed by atoms with E-state index in [0.717, 1.165) is 17.1 Å². The van der Waals surface area contributed by atoms with Crippen LogP contribution in [0, 0.1) is 0 Å². The molecule has 2 aromatic carbocycles. The van der Waals surface area contributed by atoms with E-state index in [-0.39, 0.29) is 5.91 Å². The van der Waals surface area contributed by atoms with E-state index in [1.807, 2.05) is 65.7 Å². The molecule has 0 atom stereocenters. The van der Waals surface area contributed by atoms with Gasteiger partial charge in [-0.15, -0.1) is 0 Å². The van der Waals surface area contributed by atoms with Crippen LogP contribution in [-0.2, 0) is 0 Å². The molecule has 4 aromatic rings. The summed E-state index contributed by atoms with van der Waals surface area (Å²) in [5, 5.41) is 4.80. The lowest BCUT2D eigenvalue weighted by Crippen LogP contribution is -2.49. The van der Waals surface area contributed by atoms with Crippen molar-refractivity contribution in [3.63, 3.8) is 0 Å². The van der Waals surface area contributed by atoms with Crippen molar-refractivity contribution in [1.82, 2.24) is 24.6 Å². The highest BCUT2D eigenvalue weighted by atomic mass is 16.5. The maximum Gasteiger partial charge on any atom is 0.257 e. The summed E-state index contributed by atoms with van der Waals surface area (Å²) in [4.78, 5) is 26.2. The molecule has 1 saturated heterocycles. The van der Waals surface area contributed by atoms with Crippen molar-refractivity contribution in [3.8, 4) is 22.7 Å². The summed E-state index contributed by atoms with van der Waals surface area (Å²) in [7, 11) is 1.63. The Labute approximate surface area is 192 Å². The van der Waals surface area contributed by atoms with Gasteiger partial charge in [-0.25, -0.2) is 9.67 Å². The van der Waals surface area contributed by atoms with Gasteiger partial charge in [0.25, 0.3) is 5.91 Å². The maximum absolute atomic E-state index is 13.7. The second kappa shape index (κ2) is 9.12. The minimum Gasteiger partial charge on any atom is -0.496 e. The first kappa shape index (κ1) is 20.7. The van der Waals surface area contributed by atoms with Crippen LogP contribution in [0.15, 0.2) is 79.4 Å². The fourth-order valence-electron chi connectivity index (χ4n) is 4.05. The van der Waals surface area contributed by atoms with Crippen molar-refractivity contribution in [2.45, 2.75) is 0 Å². The van der Waals surface area contributed by atoms with Crippen molar-refractivity contribution in [2.75, 3.05) is 38.2 Å². The van der Waals surface area contributed by atoms with Crippen LogP contribution in [0.5, 0.6) is 5.75 Å². The number of carbonyl (C=O) groups excluding carboxylic acids is 1. The summed E-state index contributed by atoms with van der Waals surface area (Å²) in [6.45, 7) is 2.58. The fraction of sp³-hybridized carbons (Fsp3) is 0.200. The predicted molar refractivity (Wildman–Crippen MR) is 126 cm³/mol. The number of hydrogen-bond donors (Lipinski definition) is 0. The van der Waals surface area contributed by atoms with E-state index in [1.165, 1.54) is 0 Å². The highest BCUT2D eigenvalue weighted by Crippen LogP contribution is 2.32. The number of piperazine rings is 1. The van der Waals surface area contributed by atoms with Gasteiger partial charge in [-0.3, -0.25) is 9.78 Å². The highest BCUT2D eigenvalue weighted by molar-refractivity contribution is 6.00. The van der Waals surface area contributed by atoms with Gasteiger partial charge in [-0.1, -0.05) is 30.3 Å². The minimum atomic E-state index is -0.0446. The number of methoxy groups -OCH3 is 1. The maximum atomic E-state index is 13.7. The molecular weight excluding hydrogens is 416 g/mol. The zero-order valence-electron chi connectivity index (χ0n) is 18.3. The average Bonchev–Trinajstić information content (AvgIpc) is 3.35. The molecule has 33 heavy (non-hydrogen) atoms. The molecule has 1 fully saturated rings. The van der Waals surface area contributed by atoms with Crippen LogP contribution in [0.1, 0.15) is 10.4 Å². The number of aromatic nitrogens is 4. The summed E-state index contributed by atoms with van der Waals surface area (Å²) in [5.41, 5.74) is 2.84. The predicted octanol–water partition coefficient (Wildman–Crippen LogP) is 3.30. The smallest absolute Gasteiger partial charge is 0.257 e. The Hall–Kier alpha value is -4.20.